The second-order valence-corrected chi connectivity index (χ2v) is 8.15. The van der Waals surface area contributed by atoms with Gasteiger partial charge in [0.1, 0.15) is 22.6 Å². The molecule has 0 bridgehead atoms. The lowest BCUT2D eigenvalue weighted by Gasteiger charge is -2.29. The number of thiazole rings is 1. The number of fused-ring (bicyclic) bond motifs is 2. The quantitative estimate of drug-likeness (QED) is 0.521. The molecule has 4 heterocycles. The van der Waals surface area contributed by atoms with Crippen LogP contribution in [0, 0.1) is 6.92 Å². The Labute approximate surface area is 170 Å². The molecule has 0 unspecified atom stereocenters. The fraction of sp³-hybridized carbons (Fsp3) is 0.238. The Morgan fingerprint density at radius 3 is 2.90 bits per heavy atom. The van der Waals surface area contributed by atoms with Gasteiger partial charge in [-0.3, -0.25) is 9.36 Å². The molecule has 0 saturated carbocycles. The van der Waals surface area contributed by atoms with Gasteiger partial charge in [-0.1, -0.05) is 18.2 Å². The molecule has 3 aromatic heterocycles. The van der Waals surface area contributed by atoms with E-state index in [2.05, 4.69) is 9.97 Å². The van der Waals surface area contributed by atoms with Gasteiger partial charge in [0.05, 0.1) is 11.3 Å². The Hall–Kier alpha value is -3.26. The van der Waals surface area contributed by atoms with Crippen LogP contribution in [0.1, 0.15) is 17.0 Å². The molecule has 1 aliphatic heterocycles. The summed E-state index contributed by atoms with van der Waals surface area (Å²) in [6.45, 7) is 2.44. The summed E-state index contributed by atoms with van der Waals surface area (Å²) in [5.74, 6) is 0.361. The molecule has 1 amide bonds. The highest BCUT2D eigenvalue weighted by atomic mass is 32.1. The zero-order valence-electron chi connectivity index (χ0n) is 15.8. The summed E-state index contributed by atoms with van der Waals surface area (Å²) in [7, 11) is 0. The van der Waals surface area contributed by atoms with Gasteiger partial charge in [0.15, 0.2) is 5.76 Å². The number of amides is 1. The number of para-hydroxylation sites is 1. The smallest absolute Gasteiger partial charge is 0.349 e. The summed E-state index contributed by atoms with van der Waals surface area (Å²) in [6, 6.07) is 11.4. The average molecular weight is 406 g/mol. The van der Waals surface area contributed by atoms with Crippen LogP contribution in [0.2, 0.25) is 0 Å². The van der Waals surface area contributed by atoms with Crippen molar-refractivity contribution in [3.8, 4) is 11.5 Å². The van der Waals surface area contributed by atoms with Gasteiger partial charge in [-0.05, 0) is 43.5 Å². The molecular formula is C21H18N4O3S. The van der Waals surface area contributed by atoms with Crippen LogP contribution in [0.25, 0.3) is 21.8 Å². The van der Waals surface area contributed by atoms with Crippen molar-refractivity contribution in [3.63, 3.8) is 0 Å². The number of furan rings is 1. The molecule has 8 heteroatoms. The molecule has 5 rings (SSSR count). The van der Waals surface area contributed by atoms with E-state index in [1.807, 2.05) is 31.2 Å². The van der Waals surface area contributed by atoms with E-state index >= 15 is 0 Å². The molecule has 1 aromatic carbocycles. The topological polar surface area (TPSA) is 81.2 Å². The molecule has 4 aromatic rings. The average Bonchev–Trinajstić information content (AvgIpc) is 3.39. The third kappa shape index (κ3) is 3.05. The number of anilines is 1. The summed E-state index contributed by atoms with van der Waals surface area (Å²) in [4.78, 5) is 37.1. The lowest BCUT2D eigenvalue weighted by molar-refractivity contribution is -0.119. The molecule has 0 aliphatic carbocycles. The van der Waals surface area contributed by atoms with E-state index in [1.165, 1.54) is 22.2 Å². The maximum atomic E-state index is 13.2. The third-order valence-corrected chi connectivity index (χ3v) is 6.08. The maximum Gasteiger partial charge on any atom is 0.349 e. The van der Waals surface area contributed by atoms with Crippen LogP contribution >= 0.6 is 11.3 Å². The first-order valence-electron chi connectivity index (χ1n) is 9.42. The van der Waals surface area contributed by atoms with E-state index in [0.29, 0.717) is 28.3 Å². The van der Waals surface area contributed by atoms with Gasteiger partial charge < -0.3 is 9.32 Å². The number of nitrogens with zero attached hydrogens (tertiary/aromatic N) is 4. The summed E-state index contributed by atoms with van der Waals surface area (Å²) >= 11 is 1.38. The van der Waals surface area contributed by atoms with E-state index in [-0.39, 0.29) is 12.5 Å². The zero-order chi connectivity index (χ0) is 20.0. The number of hydrogen-bond acceptors (Lipinski definition) is 6. The number of hydrogen-bond donors (Lipinski definition) is 0. The highest BCUT2D eigenvalue weighted by molar-refractivity contribution is 7.18. The molecule has 146 valence electrons. The second-order valence-electron chi connectivity index (χ2n) is 6.97. The molecular weight excluding hydrogens is 388 g/mol. The first-order chi connectivity index (χ1) is 14.1. The fourth-order valence-corrected chi connectivity index (χ4v) is 4.70. The molecule has 0 N–H and O–H groups in total. The first-order valence-corrected chi connectivity index (χ1v) is 10.2. The fourth-order valence-electron chi connectivity index (χ4n) is 3.79. The number of benzene rings is 1. The molecule has 0 spiro atoms. The molecule has 7 nitrogen and oxygen atoms in total. The number of aryl methyl sites for hydroxylation is 2. The van der Waals surface area contributed by atoms with Crippen molar-refractivity contribution < 1.29 is 9.21 Å². The van der Waals surface area contributed by atoms with Crippen molar-refractivity contribution in [1.82, 2.24) is 14.5 Å². The van der Waals surface area contributed by atoms with Gasteiger partial charge in [-0.15, -0.1) is 11.3 Å². The lowest BCUT2D eigenvalue weighted by atomic mass is 10.0. The number of carbonyl (C=O) groups excluding carboxylic acids is 1. The standard InChI is InChI=1S/C21H18N4O3S/c1-13-22-19-18(16-9-5-11-28-16)23-21(27)25(20(19)29-13)12-17(26)24-10-4-7-14-6-2-3-8-15(14)24/h2-3,5-6,8-9,11H,4,7,10,12H2,1H3. The van der Waals surface area contributed by atoms with Crippen molar-refractivity contribution in [2.45, 2.75) is 26.3 Å². The van der Waals surface area contributed by atoms with Gasteiger partial charge in [0.25, 0.3) is 0 Å². The Balaban J connectivity index is 1.57. The molecule has 0 radical (unpaired) electrons. The monoisotopic (exact) mass is 406 g/mol. The second kappa shape index (κ2) is 6.97. The molecule has 0 fully saturated rings. The van der Waals surface area contributed by atoms with Crippen LogP contribution in [0.3, 0.4) is 0 Å². The number of rotatable bonds is 3. The first kappa shape index (κ1) is 17.8. The summed E-state index contributed by atoms with van der Waals surface area (Å²) in [6.07, 6.45) is 3.39. The van der Waals surface area contributed by atoms with E-state index in [9.17, 15) is 9.59 Å². The van der Waals surface area contributed by atoms with Gasteiger partial charge in [0.2, 0.25) is 5.91 Å². The normalized spacial score (nSPS) is 13.6. The molecule has 29 heavy (non-hydrogen) atoms. The Morgan fingerprint density at radius 1 is 1.21 bits per heavy atom. The van der Waals surface area contributed by atoms with E-state index in [4.69, 9.17) is 4.42 Å². The number of carbonyl (C=O) groups is 1. The van der Waals surface area contributed by atoms with Crippen LogP contribution in [0.15, 0.2) is 51.9 Å². The highest BCUT2D eigenvalue weighted by Crippen LogP contribution is 2.30. The number of aromatic nitrogens is 3. The van der Waals surface area contributed by atoms with E-state index in [0.717, 1.165) is 29.1 Å². The summed E-state index contributed by atoms with van der Waals surface area (Å²) in [5, 5.41) is 0.796. The van der Waals surface area contributed by atoms with Crippen LogP contribution in [0.5, 0.6) is 0 Å². The summed E-state index contributed by atoms with van der Waals surface area (Å²) < 4.78 is 6.85. The summed E-state index contributed by atoms with van der Waals surface area (Å²) in [5.41, 5.74) is 2.59. The SMILES string of the molecule is Cc1nc2c(-c3ccco3)nc(=O)n(CC(=O)N3CCCc4ccccc43)c2s1. The third-order valence-electron chi connectivity index (χ3n) is 5.08. The van der Waals surface area contributed by atoms with Gasteiger partial charge >= 0.3 is 5.69 Å². The van der Waals surface area contributed by atoms with E-state index in [1.54, 1.807) is 17.0 Å². The maximum absolute atomic E-state index is 13.2. The Bertz CT molecular complexity index is 1270. The van der Waals surface area contributed by atoms with Gasteiger partial charge in [-0.2, -0.15) is 4.98 Å². The predicted octanol–water partition coefficient (Wildman–Crippen LogP) is 3.40. The highest BCUT2D eigenvalue weighted by Gasteiger charge is 2.25. The van der Waals surface area contributed by atoms with Crippen LogP contribution in [-0.2, 0) is 17.8 Å². The van der Waals surface area contributed by atoms with Crippen molar-refractivity contribution in [2.24, 2.45) is 0 Å². The van der Waals surface area contributed by atoms with Crippen LogP contribution < -0.4 is 10.6 Å². The van der Waals surface area contributed by atoms with Crippen LogP contribution in [0.4, 0.5) is 5.69 Å². The molecule has 0 saturated heterocycles. The molecule has 1 aliphatic rings. The van der Waals surface area contributed by atoms with Gasteiger partial charge in [-0.25, -0.2) is 9.78 Å². The lowest BCUT2D eigenvalue weighted by Crippen LogP contribution is -2.40. The minimum atomic E-state index is -0.480. The van der Waals surface area contributed by atoms with Crippen molar-refractivity contribution in [1.29, 1.82) is 0 Å². The molecule has 0 atom stereocenters. The minimum absolute atomic E-state index is 0.0727. The van der Waals surface area contributed by atoms with Crippen LogP contribution in [-0.4, -0.2) is 27.0 Å². The predicted molar refractivity (Wildman–Crippen MR) is 111 cm³/mol. The Morgan fingerprint density at radius 2 is 2.07 bits per heavy atom. The minimum Gasteiger partial charge on any atom is -0.463 e. The van der Waals surface area contributed by atoms with Crippen molar-refractivity contribution in [2.75, 3.05) is 11.4 Å². The largest absolute Gasteiger partial charge is 0.463 e. The van der Waals surface area contributed by atoms with E-state index < -0.39 is 5.69 Å². The Kier molecular flexibility index (Phi) is 4.28. The van der Waals surface area contributed by atoms with Gasteiger partial charge in [0, 0.05) is 12.2 Å². The van der Waals surface area contributed by atoms with Crippen molar-refractivity contribution in [3.05, 3.63) is 63.7 Å². The van der Waals surface area contributed by atoms with Crippen molar-refractivity contribution >= 4 is 33.3 Å². The zero-order valence-corrected chi connectivity index (χ0v) is 16.6.